The summed E-state index contributed by atoms with van der Waals surface area (Å²) < 4.78 is 12.1. The van der Waals surface area contributed by atoms with Crippen LogP contribution in [0.5, 0.6) is 11.5 Å². The third kappa shape index (κ3) is 2.22. The smallest absolute Gasteiger partial charge is 0.142 e. The molecule has 0 radical (unpaired) electrons. The van der Waals surface area contributed by atoms with Gasteiger partial charge >= 0.3 is 0 Å². The average Bonchev–Trinajstić information content (AvgIpc) is 3.13. The van der Waals surface area contributed by atoms with E-state index in [0.29, 0.717) is 6.04 Å². The number of nitrogens with one attached hydrogen (secondary N) is 1. The van der Waals surface area contributed by atoms with Crippen molar-refractivity contribution in [3.63, 3.8) is 0 Å². The highest BCUT2D eigenvalue weighted by atomic mass is 35.5. The van der Waals surface area contributed by atoms with Gasteiger partial charge in [0.1, 0.15) is 23.7 Å². The van der Waals surface area contributed by atoms with Crippen molar-refractivity contribution in [2.24, 2.45) is 0 Å². The van der Waals surface area contributed by atoms with Crippen LogP contribution in [0.1, 0.15) is 43.4 Å². The Morgan fingerprint density at radius 1 is 1.10 bits per heavy atom. The molecule has 3 heterocycles. The Bertz CT molecular complexity index is 542. The minimum Gasteiger partial charge on any atom is -0.490 e. The summed E-state index contributed by atoms with van der Waals surface area (Å²) in [5, 5.41) is 4.38. The quantitative estimate of drug-likeness (QED) is 0.909. The standard InChI is InChI=1S/C17H22ClNO2/c1-9-6-12-13(8-11-4-3-5-19-11)16-14(7-10(2)20-16)15(18)17(12)21-9/h9-11,19H,3-8H2,1-2H3. The fourth-order valence-electron chi connectivity index (χ4n) is 3.94. The lowest BCUT2D eigenvalue weighted by molar-refractivity contribution is 0.251. The molecule has 0 saturated carbocycles. The second kappa shape index (κ2) is 5.06. The second-order valence-electron chi connectivity index (χ2n) is 6.67. The molecule has 3 nitrogen and oxygen atoms in total. The van der Waals surface area contributed by atoms with E-state index in [1.807, 2.05) is 0 Å². The Morgan fingerprint density at radius 3 is 2.52 bits per heavy atom. The van der Waals surface area contributed by atoms with Crippen molar-refractivity contribution >= 4 is 11.6 Å². The van der Waals surface area contributed by atoms with Gasteiger partial charge < -0.3 is 14.8 Å². The topological polar surface area (TPSA) is 30.5 Å². The first-order chi connectivity index (χ1) is 10.1. The highest BCUT2D eigenvalue weighted by molar-refractivity contribution is 6.33. The number of ether oxygens (including phenoxy) is 2. The van der Waals surface area contributed by atoms with Crippen molar-refractivity contribution in [2.75, 3.05) is 6.54 Å². The van der Waals surface area contributed by atoms with Gasteiger partial charge in [0.15, 0.2) is 0 Å². The fraction of sp³-hybridized carbons (Fsp3) is 0.647. The van der Waals surface area contributed by atoms with E-state index in [9.17, 15) is 0 Å². The van der Waals surface area contributed by atoms with Crippen molar-refractivity contribution in [1.82, 2.24) is 5.32 Å². The Labute approximate surface area is 131 Å². The summed E-state index contributed by atoms with van der Waals surface area (Å²) in [5.41, 5.74) is 3.79. The molecule has 1 saturated heterocycles. The average molecular weight is 308 g/mol. The lowest BCUT2D eigenvalue weighted by Gasteiger charge is -2.18. The molecule has 0 spiro atoms. The van der Waals surface area contributed by atoms with Crippen molar-refractivity contribution < 1.29 is 9.47 Å². The van der Waals surface area contributed by atoms with Crippen LogP contribution >= 0.6 is 11.6 Å². The number of benzene rings is 1. The van der Waals surface area contributed by atoms with Crippen LogP contribution in [-0.4, -0.2) is 24.8 Å². The molecular formula is C17H22ClNO2. The highest BCUT2D eigenvalue weighted by Crippen LogP contribution is 2.49. The molecule has 4 heteroatoms. The van der Waals surface area contributed by atoms with Gasteiger partial charge in [-0.3, -0.25) is 0 Å². The van der Waals surface area contributed by atoms with Gasteiger partial charge in [0.25, 0.3) is 0 Å². The van der Waals surface area contributed by atoms with Gasteiger partial charge in [0.05, 0.1) is 5.02 Å². The molecule has 1 aromatic carbocycles. The first kappa shape index (κ1) is 13.7. The molecular weight excluding hydrogens is 286 g/mol. The molecule has 3 atom stereocenters. The number of hydrogen-bond acceptors (Lipinski definition) is 3. The van der Waals surface area contributed by atoms with Crippen LogP contribution in [0.15, 0.2) is 0 Å². The number of hydrogen-bond donors (Lipinski definition) is 1. The van der Waals surface area contributed by atoms with Gasteiger partial charge in [-0.15, -0.1) is 0 Å². The highest BCUT2D eigenvalue weighted by Gasteiger charge is 2.35. The fourth-order valence-corrected chi connectivity index (χ4v) is 4.26. The van der Waals surface area contributed by atoms with E-state index in [-0.39, 0.29) is 12.2 Å². The van der Waals surface area contributed by atoms with Crippen LogP contribution in [0.25, 0.3) is 0 Å². The van der Waals surface area contributed by atoms with Crippen LogP contribution < -0.4 is 14.8 Å². The van der Waals surface area contributed by atoms with E-state index >= 15 is 0 Å². The van der Waals surface area contributed by atoms with Crippen molar-refractivity contribution in [3.05, 3.63) is 21.7 Å². The molecule has 3 aliphatic rings. The molecule has 0 aliphatic carbocycles. The van der Waals surface area contributed by atoms with Gasteiger partial charge in [-0.2, -0.15) is 0 Å². The molecule has 1 N–H and O–H groups in total. The second-order valence-corrected chi connectivity index (χ2v) is 7.05. The van der Waals surface area contributed by atoms with E-state index in [4.69, 9.17) is 21.1 Å². The first-order valence-corrected chi connectivity index (χ1v) is 8.44. The third-order valence-corrected chi connectivity index (χ3v) is 5.28. The summed E-state index contributed by atoms with van der Waals surface area (Å²) in [5.74, 6) is 1.98. The molecule has 4 rings (SSSR count). The van der Waals surface area contributed by atoms with Crippen molar-refractivity contribution in [3.8, 4) is 11.5 Å². The first-order valence-electron chi connectivity index (χ1n) is 8.06. The van der Waals surface area contributed by atoms with Gasteiger partial charge in [-0.1, -0.05) is 11.6 Å². The monoisotopic (exact) mass is 307 g/mol. The number of rotatable bonds is 2. The van der Waals surface area contributed by atoms with Crippen LogP contribution in [0.2, 0.25) is 5.02 Å². The molecule has 3 unspecified atom stereocenters. The Kier molecular flexibility index (Phi) is 3.31. The van der Waals surface area contributed by atoms with E-state index in [0.717, 1.165) is 47.9 Å². The van der Waals surface area contributed by atoms with E-state index in [1.54, 1.807) is 0 Å². The van der Waals surface area contributed by atoms with Crippen molar-refractivity contribution in [1.29, 1.82) is 0 Å². The largest absolute Gasteiger partial charge is 0.490 e. The van der Waals surface area contributed by atoms with Crippen LogP contribution in [-0.2, 0) is 19.3 Å². The van der Waals surface area contributed by atoms with Gasteiger partial charge in [-0.25, -0.2) is 0 Å². The van der Waals surface area contributed by atoms with Crippen molar-refractivity contribution in [2.45, 2.75) is 64.2 Å². The Morgan fingerprint density at radius 2 is 1.81 bits per heavy atom. The summed E-state index contributed by atoms with van der Waals surface area (Å²) in [6.07, 6.45) is 5.82. The summed E-state index contributed by atoms with van der Waals surface area (Å²) >= 11 is 6.60. The third-order valence-electron chi connectivity index (χ3n) is 4.88. The zero-order valence-corrected chi connectivity index (χ0v) is 13.4. The predicted molar refractivity (Wildman–Crippen MR) is 83.8 cm³/mol. The van der Waals surface area contributed by atoms with E-state index in [1.165, 1.54) is 24.0 Å². The predicted octanol–water partition coefficient (Wildman–Crippen LogP) is 3.28. The Hall–Kier alpha value is -0.930. The normalized spacial score (nSPS) is 30.0. The maximum atomic E-state index is 6.60. The van der Waals surface area contributed by atoms with Crippen LogP contribution in [0.3, 0.4) is 0 Å². The molecule has 1 fully saturated rings. The minimum atomic E-state index is 0.215. The van der Waals surface area contributed by atoms with Crippen LogP contribution in [0, 0.1) is 0 Å². The van der Waals surface area contributed by atoms with E-state index < -0.39 is 0 Å². The SMILES string of the molecule is CC1Cc2c(CC3CCCN3)c3c(c(Cl)c2O1)CC(C)O3. The molecule has 0 bridgehead atoms. The van der Waals surface area contributed by atoms with Gasteiger partial charge in [0.2, 0.25) is 0 Å². The minimum absolute atomic E-state index is 0.215. The molecule has 3 aliphatic heterocycles. The lowest BCUT2D eigenvalue weighted by Crippen LogP contribution is -2.24. The van der Waals surface area contributed by atoms with Gasteiger partial charge in [-0.05, 0) is 39.7 Å². The summed E-state index contributed by atoms with van der Waals surface area (Å²) in [7, 11) is 0. The number of fused-ring (bicyclic) bond motifs is 2. The molecule has 114 valence electrons. The molecule has 0 amide bonds. The zero-order chi connectivity index (χ0) is 14.6. The zero-order valence-electron chi connectivity index (χ0n) is 12.7. The number of halogens is 1. The molecule has 0 aromatic heterocycles. The van der Waals surface area contributed by atoms with Gasteiger partial charge in [0, 0.05) is 35.6 Å². The summed E-state index contributed by atoms with van der Waals surface area (Å²) in [4.78, 5) is 0. The maximum absolute atomic E-state index is 6.60. The Balaban J connectivity index is 1.80. The maximum Gasteiger partial charge on any atom is 0.142 e. The molecule has 1 aromatic rings. The van der Waals surface area contributed by atoms with E-state index in [2.05, 4.69) is 19.2 Å². The van der Waals surface area contributed by atoms with Crippen LogP contribution in [0.4, 0.5) is 0 Å². The summed E-state index contributed by atoms with van der Waals surface area (Å²) in [6, 6.07) is 0.565. The lowest BCUT2D eigenvalue weighted by atomic mass is 9.93. The summed E-state index contributed by atoms with van der Waals surface area (Å²) in [6.45, 7) is 5.36. The molecule has 21 heavy (non-hydrogen) atoms.